The molecule has 0 N–H and O–H groups in total. The molecule has 1 aromatic rings. The van der Waals surface area contributed by atoms with Gasteiger partial charge in [-0.15, -0.1) is 0 Å². The summed E-state index contributed by atoms with van der Waals surface area (Å²) in [6, 6.07) is 0. The molecule has 9 heavy (non-hydrogen) atoms. The average Bonchev–Trinajstić information content (AvgIpc) is 2.22. The minimum atomic E-state index is 1.19. The van der Waals surface area contributed by atoms with Gasteiger partial charge in [-0.2, -0.15) is 5.10 Å². The van der Waals surface area contributed by atoms with E-state index in [4.69, 9.17) is 0 Å². The molecule has 0 saturated heterocycles. The van der Waals surface area contributed by atoms with Crippen molar-refractivity contribution in [2.45, 2.75) is 19.3 Å². The van der Waals surface area contributed by atoms with E-state index in [0.717, 1.165) is 0 Å². The Morgan fingerprint density at radius 1 is 1.56 bits per heavy atom. The molecule has 0 aliphatic heterocycles. The van der Waals surface area contributed by atoms with Gasteiger partial charge in [-0.3, -0.25) is 4.68 Å². The number of aryl methyl sites for hydroxylation is 3. The zero-order chi connectivity index (χ0) is 6.27. The number of aromatic nitrogens is 2. The topological polar surface area (TPSA) is 17.8 Å². The molecule has 0 bridgehead atoms. The third-order valence-corrected chi connectivity index (χ3v) is 1.85. The van der Waals surface area contributed by atoms with Crippen LogP contribution in [0.2, 0.25) is 0 Å². The molecule has 1 aromatic heterocycles. The number of hydrogen-bond donors (Lipinski definition) is 0. The van der Waals surface area contributed by atoms with E-state index in [1.165, 1.54) is 30.5 Å². The first-order chi connectivity index (χ1) is 4.36. The van der Waals surface area contributed by atoms with Gasteiger partial charge in [-0.25, -0.2) is 0 Å². The molecular weight excluding hydrogens is 112 g/mol. The average molecular weight is 122 g/mol. The second-order valence-corrected chi connectivity index (χ2v) is 2.63. The van der Waals surface area contributed by atoms with Crippen molar-refractivity contribution in [2.24, 2.45) is 7.05 Å². The van der Waals surface area contributed by atoms with Crippen LogP contribution in [0.4, 0.5) is 0 Å². The fourth-order valence-electron chi connectivity index (χ4n) is 1.45. The molecule has 2 rings (SSSR count). The number of rotatable bonds is 0. The molecule has 2 heteroatoms. The van der Waals surface area contributed by atoms with Gasteiger partial charge in [0.15, 0.2) is 0 Å². The van der Waals surface area contributed by atoms with Crippen LogP contribution in [0.5, 0.6) is 0 Å². The molecule has 1 aliphatic carbocycles. The van der Waals surface area contributed by atoms with E-state index in [1.54, 1.807) is 0 Å². The van der Waals surface area contributed by atoms with E-state index in [1.807, 2.05) is 11.7 Å². The molecule has 1 heterocycles. The van der Waals surface area contributed by atoms with Gasteiger partial charge in [0.2, 0.25) is 0 Å². The molecule has 2 nitrogen and oxygen atoms in total. The Labute approximate surface area is 54.5 Å². The fraction of sp³-hybridized carbons (Fsp3) is 0.571. The van der Waals surface area contributed by atoms with Crippen LogP contribution >= 0.6 is 0 Å². The van der Waals surface area contributed by atoms with Crippen LogP contribution in [0.15, 0.2) is 6.20 Å². The Morgan fingerprint density at radius 3 is 3.22 bits per heavy atom. The molecule has 0 saturated carbocycles. The lowest BCUT2D eigenvalue weighted by molar-refractivity contribution is 0.727. The maximum atomic E-state index is 4.31. The minimum Gasteiger partial charge on any atom is -0.275 e. The molecule has 0 spiro atoms. The van der Waals surface area contributed by atoms with E-state index in [2.05, 4.69) is 11.3 Å². The molecule has 1 aliphatic rings. The monoisotopic (exact) mass is 122 g/mol. The first-order valence-electron chi connectivity index (χ1n) is 3.37. The van der Waals surface area contributed by atoms with Crippen LogP contribution in [0.1, 0.15) is 17.7 Å². The molecule has 0 aromatic carbocycles. The SMILES string of the molecule is Cn1cc2c(n1)CCC2. The Hall–Kier alpha value is -0.790. The standard InChI is InChI=1S/C7H10N2/c1-9-5-6-3-2-4-7(6)8-9/h5H,2-4H2,1H3. The summed E-state index contributed by atoms with van der Waals surface area (Å²) in [5, 5.41) is 4.31. The molecule has 0 unspecified atom stereocenters. The minimum absolute atomic E-state index is 1.19. The summed E-state index contributed by atoms with van der Waals surface area (Å²) in [5.41, 5.74) is 2.77. The summed E-state index contributed by atoms with van der Waals surface area (Å²) in [6.45, 7) is 0. The Kier molecular flexibility index (Phi) is 0.891. The molecule has 0 amide bonds. The number of fused-ring (bicyclic) bond motifs is 1. The number of nitrogens with zero attached hydrogens (tertiary/aromatic N) is 2. The highest BCUT2D eigenvalue weighted by atomic mass is 15.3. The maximum absolute atomic E-state index is 4.31. The number of hydrogen-bond acceptors (Lipinski definition) is 1. The van der Waals surface area contributed by atoms with Crippen molar-refractivity contribution in [3.8, 4) is 0 Å². The molecule has 0 atom stereocenters. The van der Waals surface area contributed by atoms with Crippen LogP contribution in [-0.2, 0) is 19.9 Å². The third kappa shape index (κ3) is 0.661. The van der Waals surface area contributed by atoms with E-state index >= 15 is 0 Å². The Morgan fingerprint density at radius 2 is 2.44 bits per heavy atom. The summed E-state index contributed by atoms with van der Waals surface area (Å²) in [6.07, 6.45) is 5.86. The van der Waals surface area contributed by atoms with Gasteiger partial charge in [-0.05, 0) is 24.8 Å². The van der Waals surface area contributed by atoms with E-state index in [9.17, 15) is 0 Å². The smallest absolute Gasteiger partial charge is 0.0656 e. The van der Waals surface area contributed by atoms with Crippen molar-refractivity contribution >= 4 is 0 Å². The van der Waals surface area contributed by atoms with E-state index < -0.39 is 0 Å². The van der Waals surface area contributed by atoms with Gasteiger partial charge in [0.1, 0.15) is 0 Å². The van der Waals surface area contributed by atoms with Crippen molar-refractivity contribution in [2.75, 3.05) is 0 Å². The normalized spacial score (nSPS) is 16.1. The summed E-state index contributed by atoms with van der Waals surface area (Å²) in [7, 11) is 1.98. The van der Waals surface area contributed by atoms with Crippen LogP contribution in [0, 0.1) is 0 Å². The zero-order valence-corrected chi connectivity index (χ0v) is 5.59. The van der Waals surface area contributed by atoms with Gasteiger partial charge < -0.3 is 0 Å². The second-order valence-electron chi connectivity index (χ2n) is 2.63. The van der Waals surface area contributed by atoms with E-state index in [0.29, 0.717) is 0 Å². The zero-order valence-electron chi connectivity index (χ0n) is 5.59. The van der Waals surface area contributed by atoms with Crippen molar-refractivity contribution in [1.29, 1.82) is 0 Å². The highest BCUT2D eigenvalue weighted by Crippen LogP contribution is 2.18. The third-order valence-electron chi connectivity index (χ3n) is 1.85. The molecule has 0 fully saturated rings. The maximum Gasteiger partial charge on any atom is 0.0656 e. The van der Waals surface area contributed by atoms with Crippen LogP contribution in [0.3, 0.4) is 0 Å². The van der Waals surface area contributed by atoms with Gasteiger partial charge in [0.25, 0.3) is 0 Å². The van der Waals surface area contributed by atoms with Gasteiger partial charge in [0.05, 0.1) is 5.69 Å². The predicted molar refractivity (Wildman–Crippen MR) is 35.2 cm³/mol. The van der Waals surface area contributed by atoms with Crippen LogP contribution in [-0.4, -0.2) is 9.78 Å². The predicted octanol–water partition coefficient (Wildman–Crippen LogP) is 0.909. The lowest BCUT2D eigenvalue weighted by atomic mass is 10.3. The Bertz CT molecular complexity index is 203. The summed E-state index contributed by atoms with van der Waals surface area (Å²) in [4.78, 5) is 0. The molecule has 48 valence electrons. The summed E-state index contributed by atoms with van der Waals surface area (Å²) < 4.78 is 1.91. The lowest BCUT2D eigenvalue weighted by Gasteiger charge is -1.85. The van der Waals surface area contributed by atoms with Crippen molar-refractivity contribution < 1.29 is 0 Å². The highest BCUT2D eigenvalue weighted by molar-refractivity contribution is 5.21. The lowest BCUT2D eigenvalue weighted by Crippen LogP contribution is -1.89. The molecular formula is C7H10N2. The first kappa shape index (κ1) is 5.03. The van der Waals surface area contributed by atoms with Crippen molar-refractivity contribution in [3.05, 3.63) is 17.5 Å². The summed E-state index contributed by atoms with van der Waals surface area (Å²) in [5.74, 6) is 0. The highest BCUT2D eigenvalue weighted by Gasteiger charge is 2.12. The van der Waals surface area contributed by atoms with Gasteiger partial charge in [-0.1, -0.05) is 0 Å². The van der Waals surface area contributed by atoms with Gasteiger partial charge >= 0.3 is 0 Å². The van der Waals surface area contributed by atoms with Crippen LogP contribution in [0.25, 0.3) is 0 Å². The second kappa shape index (κ2) is 1.59. The Balaban J connectivity index is 2.51. The first-order valence-corrected chi connectivity index (χ1v) is 3.37. The van der Waals surface area contributed by atoms with Crippen LogP contribution < -0.4 is 0 Å². The molecule has 0 radical (unpaired) electrons. The van der Waals surface area contributed by atoms with Crippen molar-refractivity contribution in [3.63, 3.8) is 0 Å². The summed E-state index contributed by atoms with van der Waals surface area (Å²) >= 11 is 0. The fourth-order valence-corrected chi connectivity index (χ4v) is 1.45. The van der Waals surface area contributed by atoms with E-state index in [-0.39, 0.29) is 0 Å². The van der Waals surface area contributed by atoms with Crippen molar-refractivity contribution in [1.82, 2.24) is 9.78 Å². The van der Waals surface area contributed by atoms with Gasteiger partial charge in [0, 0.05) is 13.2 Å². The quantitative estimate of drug-likeness (QED) is 0.500. The largest absolute Gasteiger partial charge is 0.275 e.